The van der Waals surface area contributed by atoms with Gasteiger partial charge in [-0.25, -0.2) is 0 Å². The number of rotatable bonds is 3. The summed E-state index contributed by atoms with van der Waals surface area (Å²) in [5.41, 5.74) is 0. The lowest BCUT2D eigenvalue weighted by atomic mass is 10.2. The molecule has 1 aliphatic heterocycles. The van der Waals surface area contributed by atoms with Crippen LogP contribution in [-0.2, 0) is 0 Å². The number of nitriles is 1. The zero-order chi connectivity index (χ0) is 9.68. The minimum Gasteiger partial charge on any atom is -0.301 e. The Balaban J connectivity index is 2.19. The predicted molar refractivity (Wildman–Crippen MR) is 53.3 cm³/mol. The summed E-state index contributed by atoms with van der Waals surface area (Å²) in [5.74, 6) is 0.752. The summed E-state index contributed by atoms with van der Waals surface area (Å²) in [5, 5.41) is 8.52. The van der Waals surface area contributed by atoms with Gasteiger partial charge in [0.1, 0.15) is 0 Å². The largest absolute Gasteiger partial charge is 0.301 e. The van der Waals surface area contributed by atoms with Crippen molar-refractivity contribution >= 4 is 0 Å². The highest BCUT2D eigenvalue weighted by atomic mass is 15.3. The van der Waals surface area contributed by atoms with Crippen LogP contribution in [0.4, 0.5) is 0 Å². The van der Waals surface area contributed by atoms with Crippen molar-refractivity contribution in [1.82, 2.24) is 9.80 Å². The number of nitrogens with zero attached hydrogens (tertiary/aromatic N) is 3. The zero-order valence-electron chi connectivity index (χ0n) is 8.66. The van der Waals surface area contributed by atoms with Gasteiger partial charge in [0.15, 0.2) is 0 Å². The monoisotopic (exact) mass is 181 g/mol. The van der Waals surface area contributed by atoms with Gasteiger partial charge in [-0.15, -0.1) is 0 Å². The van der Waals surface area contributed by atoms with Crippen molar-refractivity contribution in [1.29, 1.82) is 5.26 Å². The maximum atomic E-state index is 8.52. The van der Waals surface area contributed by atoms with Gasteiger partial charge < -0.3 is 4.90 Å². The van der Waals surface area contributed by atoms with Crippen molar-refractivity contribution in [2.24, 2.45) is 5.92 Å². The van der Waals surface area contributed by atoms with Crippen LogP contribution >= 0.6 is 0 Å². The van der Waals surface area contributed by atoms with Crippen LogP contribution in [0, 0.1) is 17.2 Å². The molecule has 0 unspecified atom stereocenters. The maximum Gasteiger partial charge on any atom is 0.0866 e. The van der Waals surface area contributed by atoms with Crippen molar-refractivity contribution < 1.29 is 0 Å². The van der Waals surface area contributed by atoms with E-state index in [1.165, 1.54) is 6.54 Å². The summed E-state index contributed by atoms with van der Waals surface area (Å²) in [6, 6.07) is 2.20. The smallest absolute Gasteiger partial charge is 0.0866 e. The normalized spacial score (nSPS) is 20.5. The van der Waals surface area contributed by atoms with Gasteiger partial charge in [-0.3, -0.25) is 4.90 Å². The van der Waals surface area contributed by atoms with Gasteiger partial charge in [-0.05, 0) is 5.92 Å². The molecule has 0 radical (unpaired) electrons. The van der Waals surface area contributed by atoms with E-state index in [4.69, 9.17) is 5.26 Å². The average molecular weight is 181 g/mol. The minimum atomic E-state index is 0.593. The highest BCUT2D eigenvalue weighted by molar-refractivity contribution is 4.80. The Hall–Kier alpha value is -0.590. The van der Waals surface area contributed by atoms with Crippen molar-refractivity contribution in [2.75, 3.05) is 39.3 Å². The molecule has 1 saturated heterocycles. The van der Waals surface area contributed by atoms with Crippen molar-refractivity contribution in [3.8, 4) is 6.07 Å². The summed E-state index contributed by atoms with van der Waals surface area (Å²) >= 11 is 0. The molecular weight excluding hydrogens is 162 g/mol. The van der Waals surface area contributed by atoms with Crippen LogP contribution in [0.3, 0.4) is 0 Å². The van der Waals surface area contributed by atoms with Gasteiger partial charge in [0.2, 0.25) is 0 Å². The first kappa shape index (κ1) is 10.5. The molecule has 0 spiro atoms. The molecule has 1 fully saturated rings. The van der Waals surface area contributed by atoms with Gasteiger partial charge in [0, 0.05) is 32.7 Å². The summed E-state index contributed by atoms with van der Waals surface area (Å²) in [7, 11) is 0. The fourth-order valence-electron chi connectivity index (χ4n) is 1.75. The maximum absolute atomic E-state index is 8.52. The first-order valence-electron chi connectivity index (χ1n) is 5.04. The molecule has 0 atom stereocenters. The molecule has 3 heteroatoms. The Labute approximate surface area is 80.9 Å². The standard InChI is InChI=1S/C10H19N3/c1-10(2)9-13-7-5-12(4-3-11)6-8-13/h10H,4-9H2,1-2H3. The fourth-order valence-corrected chi connectivity index (χ4v) is 1.75. The molecule has 1 heterocycles. The van der Waals surface area contributed by atoms with Gasteiger partial charge in [0.05, 0.1) is 12.6 Å². The second-order valence-corrected chi connectivity index (χ2v) is 4.13. The van der Waals surface area contributed by atoms with E-state index < -0.39 is 0 Å². The van der Waals surface area contributed by atoms with Gasteiger partial charge in [0.25, 0.3) is 0 Å². The Morgan fingerprint density at radius 1 is 1.15 bits per heavy atom. The first-order valence-corrected chi connectivity index (χ1v) is 5.04. The second kappa shape index (κ2) is 5.21. The Kier molecular flexibility index (Phi) is 4.20. The lowest BCUT2D eigenvalue weighted by Gasteiger charge is -2.34. The van der Waals surface area contributed by atoms with Gasteiger partial charge >= 0.3 is 0 Å². The highest BCUT2D eigenvalue weighted by Crippen LogP contribution is 2.04. The fraction of sp³-hybridized carbons (Fsp3) is 0.900. The van der Waals surface area contributed by atoms with Crippen LogP contribution in [0.1, 0.15) is 13.8 Å². The molecule has 1 aliphatic rings. The van der Waals surface area contributed by atoms with E-state index in [2.05, 4.69) is 29.7 Å². The molecular formula is C10H19N3. The summed E-state index contributed by atoms with van der Waals surface area (Å²) < 4.78 is 0. The molecule has 0 N–H and O–H groups in total. The van der Waals surface area contributed by atoms with Crippen molar-refractivity contribution in [3.05, 3.63) is 0 Å². The van der Waals surface area contributed by atoms with Crippen LogP contribution in [0.25, 0.3) is 0 Å². The molecule has 13 heavy (non-hydrogen) atoms. The molecule has 0 aliphatic carbocycles. The van der Waals surface area contributed by atoms with Crippen LogP contribution in [0.5, 0.6) is 0 Å². The molecule has 0 aromatic rings. The average Bonchev–Trinajstić information content (AvgIpc) is 2.08. The van der Waals surface area contributed by atoms with Crippen LogP contribution in [0.2, 0.25) is 0 Å². The molecule has 0 aromatic carbocycles. The number of hydrogen-bond acceptors (Lipinski definition) is 3. The van der Waals surface area contributed by atoms with Crippen molar-refractivity contribution in [3.63, 3.8) is 0 Å². The third-order valence-corrected chi connectivity index (χ3v) is 2.38. The van der Waals surface area contributed by atoms with E-state index in [1.807, 2.05) is 0 Å². The summed E-state index contributed by atoms with van der Waals surface area (Å²) in [6.07, 6.45) is 0. The van der Waals surface area contributed by atoms with Gasteiger partial charge in [-0.2, -0.15) is 5.26 Å². The molecule has 0 aromatic heterocycles. The minimum absolute atomic E-state index is 0.593. The third-order valence-electron chi connectivity index (χ3n) is 2.38. The van der Waals surface area contributed by atoms with E-state index in [0.717, 1.165) is 32.1 Å². The number of hydrogen-bond donors (Lipinski definition) is 0. The highest BCUT2D eigenvalue weighted by Gasteiger charge is 2.16. The van der Waals surface area contributed by atoms with E-state index in [0.29, 0.717) is 6.54 Å². The van der Waals surface area contributed by atoms with Crippen LogP contribution in [-0.4, -0.2) is 49.1 Å². The Bertz CT molecular complexity index is 175. The second-order valence-electron chi connectivity index (χ2n) is 4.13. The topological polar surface area (TPSA) is 30.3 Å². The summed E-state index contributed by atoms with van der Waals surface area (Å²) in [6.45, 7) is 10.7. The van der Waals surface area contributed by atoms with Crippen LogP contribution in [0.15, 0.2) is 0 Å². The van der Waals surface area contributed by atoms with Crippen molar-refractivity contribution in [2.45, 2.75) is 13.8 Å². The van der Waals surface area contributed by atoms with E-state index in [9.17, 15) is 0 Å². The molecule has 3 nitrogen and oxygen atoms in total. The molecule has 0 saturated carbocycles. The SMILES string of the molecule is CC(C)CN1CCN(CC#N)CC1. The van der Waals surface area contributed by atoms with Gasteiger partial charge in [-0.1, -0.05) is 13.8 Å². The quantitative estimate of drug-likeness (QED) is 0.603. The Morgan fingerprint density at radius 2 is 1.69 bits per heavy atom. The first-order chi connectivity index (χ1) is 6.22. The lowest BCUT2D eigenvalue weighted by Crippen LogP contribution is -2.47. The van der Waals surface area contributed by atoms with Crippen LogP contribution < -0.4 is 0 Å². The summed E-state index contributed by atoms with van der Waals surface area (Å²) in [4.78, 5) is 4.70. The molecule has 74 valence electrons. The predicted octanol–water partition coefficient (Wildman–Crippen LogP) is 0.784. The van der Waals surface area contributed by atoms with E-state index in [-0.39, 0.29) is 0 Å². The molecule has 0 amide bonds. The third kappa shape index (κ3) is 3.75. The molecule has 1 rings (SSSR count). The zero-order valence-corrected chi connectivity index (χ0v) is 8.66. The van der Waals surface area contributed by atoms with E-state index in [1.54, 1.807) is 0 Å². The molecule has 0 bridgehead atoms. The van der Waals surface area contributed by atoms with E-state index >= 15 is 0 Å². The lowest BCUT2D eigenvalue weighted by molar-refractivity contribution is 0.132. The Morgan fingerprint density at radius 3 is 2.15 bits per heavy atom. The number of piperazine rings is 1.